The third-order valence-corrected chi connectivity index (χ3v) is 4.32. The van der Waals surface area contributed by atoms with E-state index in [1.54, 1.807) is 0 Å². The van der Waals surface area contributed by atoms with Crippen LogP contribution in [0, 0.1) is 10.8 Å². The van der Waals surface area contributed by atoms with Gasteiger partial charge in [-0.3, -0.25) is 4.68 Å². The highest BCUT2D eigenvalue weighted by atomic mass is 15.4. The van der Waals surface area contributed by atoms with E-state index in [1.807, 2.05) is 17.9 Å². The first-order valence-corrected chi connectivity index (χ1v) is 5.44. The number of hydrogen-bond donors (Lipinski definition) is 1. The number of hydrogen-bond acceptors (Lipinski definition) is 3. The largest absolute Gasteiger partial charge is 0.307 e. The summed E-state index contributed by atoms with van der Waals surface area (Å²) in [5.41, 5.74) is 1.91. The van der Waals surface area contributed by atoms with Crippen molar-refractivity contribution in [2.75, 3.05) is 0 Å². The summed E-state index contributed by atoms with van der Waals surface area (Å²) in [6.07, 6.45) is 1.81. The average Bonchev–Trinajstić information content (AvgIpc) is 2.49. The molecule has 0 aliphatic heterocycles. The summed E-state index contributed by atoms with van der Waals surface area (Å²) < 4.78 is 1.81. The van der Waals surface area contributed by atoms with Gasteiger partial charge in [0.05, 0.1) is 11.9 Å². The second-order valence-corrected chi connectivity index (χ2v) is 5.61. The fraction of sp³-hybridized carbons (Fsp3) is 0.818. The van der Waals surface area contributed by atoms with Crippen molar-refractivity contribution >= 4 is 0 Å². The summed E-state index contributed by atoms with van der Waals surface area (Å²) >= 11 is 0. The second-order valence-electron chi connectivity index (χ2n) is 5.61. The Morgan fingerprint density at radius 3 is 2.33 bits per heavy atom. The molecule has 1 aromatic rings. The van der Waals surface area contributed by atoms with Crippen molar-refractivity contribution in [3.8, 4) is 0 Å². The molecule has 4 heteroatoms. The molecule has 0 spiro atoms. The van der Waals surface area contributed by atoms with E-state index in [9.17, 15) is 0 Å². The van der Waals surface area contributed by atoms with Crippen LogP contribution in [0.3, 0.4) is 0 Å². The molecule has 2 rings (SSSR count). The van der Waals surface area contributed by atoms with Crippen LogP contribution in [0.5, 0.6) is 0 Å². The number of aryl methyl sites for hydroxylation is 1. The Labute approximate surface area is 91.1 Å². The van der Waals surface area contributed by atoms with Crippen LogP contribution in [0.15, 0.2) is 6.20 Å². The summed E-state index contributed by atoms with van der Waals surface area (Å²) in [4.78, 5) is 0. The quantitative estimate of drug-likeness (QED) is 0.815. The van der Waals surface area contributed by atoms with Crippen LogP contribution < -0.4 is 5.32 Å². The van der Waals surface area contributed by atoms with Crippen LogP contribution in [-0.2, 0) is 13.6 Å². The van der Waals surface area contributed by atoms with E-state index >= 15 is 0 Å². The van der Waals surface area contributed by atoms with Gasteiger partial charge in [-0.2, -0.15) is 0 Å². The average molecular weight is 208 g/mol. The first kappa shape index (κ1) is 10.6. The molecule has 0 aromatic carbocycles. The van der Waals surface area contributed by atoms with E-state index in [4.69, 9.17) is 0 Å². The van der Waals surface area contributed by atoms with Crippen molar-refractivity contribution in [3.05, 3.63) is 11.9 Å². The van der Waals surface area contributed by atoms with Crippen molar-refractivity contribution in [3.63, 3.8) is 0 Å². The van der Waals surface area contributed by atoms with Gasteiger partial charge in [0, 0.05) is 19.6 Å². The molecule has 0 saturated heterocycles. The van der Waals surface area contributed by atoms with Gasteiger partial charge in [-0.25, -0.2) is 0 Å². The standard InChI is InChI=1S/C11H20N4/c1-10(2)9(11(10,3)4)12-6-8-7-13-14-15(8)5/h7,9,12H,6H2,1-5H3. The minimum atomic E-state index is 0.388. The molecule has 0 unspecified atom stereocenters. The van der Waals surface area contributed by atoms with Gasteiger partial charge in [0.15, 0.2) is 0 Å². The fourth-order valence-corrected chi connectivity index (χ4v) is 2.38. The van der Waals surface area contributed by atoms with Crippen molar-refractivity contribution in [2.24, 2.45) is 17.9 Å². The van der Waals surface area contributed by atoms with Gasteiger partial charge in [0.2, 0.25) is 0 Å². The van der Waals surface area contributed by atoms with E-state index in [1.165, 1.54) is 0 Å². The van der Waals surface area contributed by atoms with E-state index < -0.39 is 0 Å². The predicted molar refractivity (Wildman–Crippen MR) is 59.2 cm³/mol. The molecular formula is C11H20N4. The molecule has 1 heterocycles. The Balaban J connectivity index is 1.94. The third-order valence-electron chi connectivity index (χ3n) is 4.32. The maximum absolute atomic E-state index is 3.91. The monoisotopic (exact) mass is 208 g/mol. The number of nitrogens with one attached hydrogen (secondary N) is 1. The highest BCUT2D eigenvalue weighted by Gasteiger charge is 2.64. The van der Waals surface area contributed by atoms with Gasteiger partial charge in [-0.1, -0.05) is 32.9 Å². The zero-order chi connectivity index (χ0) is 11.3. The van der Waals surface area contributed by atoms with E-state index in [0.717, 1.165) is 12.2 Å². The molecule has 0 radical (unpaired) electrons. The summed E-state index contributed by atoms with van der Waals surface area (Å²) in [6.45, 7) is 10.1. The molecule has 1 aromatic heterocycles. The van der Waals surface area contributed by atoms with Crippen LogP contribution in [0.25, 0.3) is 0 Å². The van der Waals surface area contributed by atoms with Crippen LogP contribution in [0.1, 0.15) is 33.4 Å². The first-order valence-electron chi connectivity index (χ1n) is 5.44. The fourth-order valence-electron chi connectivity index (χ4n) is 2.38. The first-order chi connectivity index (χ1) is 6.87. The Hall–Kier alpha value is -0.900. The molecule has 1 N–H and O–H groups in total. The van der Waals surface area contributed by atoms with Gasteiger partial charge in [-0.15, -0.1) is 5.10 Å². The van der Waals surface area contributed by atoms with Gasteiger partial charge in [0.25, 0.3) is 0 Å². The highest BCUT2D eigenvalue weighted by Crippen LogP contribution is 2.62. The number of aromatic nitrogens is 3. The van der Waals surface area contributed by atoms with E-state index in [-0.39, 0.29) is 0 Å². The second kappa shape index (κ2) is 3.04. The Bertz CT molecular complexity index is 350. The lowest BCUT2D eigenvalue weighted by atomic mass is 10.0. The van der Waals surface area contributed by atoms with Gasteiger partial charge in [-0.05, 0) is 10.8 Å². The molecule has 1 saturated carbocycles. The normalized spacial score (nSPS) is 23.0. The Morgan fingerprint density at radius 1 is 1.33 bits per heavy atom. The maximum Gasteiger partial charge on any atom is 0.0738 e. The molecular weight excluding hydrogens is 188 g/mol. The molecule has 1 aliphatic carbocycles. The van der Waals surface area contributed by atoms with Crippen molar-refractivity contribution in [2.45, 2.75) is 40.3 Å². The molecule has 0 atom stereocenters. The van der Waals surface area contributed by atoms with Crippen molar-refractivity contribution < 1.29 is 0 Å². The SMILES string of the molecule is Cn1nncc1CNC1C(C)(C)C1(C)C. The lowest BCUT2D eigenvalue weighted by Gasteiger charge is -2.05. The lowest BCUT2D eigenvalue weighted by molar-refractivity contribution is 0.457. The topological polar surface area (TPSA) is 42.7 Å². The summed E-state index contributed by atoms with van der Waals surface area (Å²) in [5, 5.41) is 11.4. The Morgan fingerprint density at radius 2 is 1.93 bits per heavy atom. The lowest BCUT2D eigenvalue weighted by Crippen LogP contribution is -2.23. The van der Waals surface area contributed by atoms with Crippen LogP contribution in [-0.4, -0.2) is 21.0 Å². The van der Waals surface area contributed by atoms with Gasteiger partial charge in [0.1, 0.15) is 0 Å². The van der Waals surface area contributed by atoms with Gasteiger partial charge >= 0.3 is 0 Å². The van der Waals surface area contributed by atoms with E-state index in [2.05, 4.69) is 43.3 Å². The molecule has 0 amide bonds. The molecule has 84 valence electrons. The van der Waals surface area contributed by atoms with Crippen LogP contribution >= 0.6 is 0 Å². The molecule has 1 fully saturated rings. The smallest absolute Gasteiger partial charge is 0.0738 e. The Kier molecular flexibility index (Phi) is 2.15. The van der Waals surface area contributed by atoms with Crippen LogP contribution in [0.2, 0.25) is 0 Å². The molecule has 0 bridgehead atoms. The maximum atomic E-state index is 3.91. The summed E-state index contributed by atoms with van der Waals surface area (Å²) in [6, 6.07) is 0.583. The number of rotatable bonds is 3. The summed E-state index contributed by atoms with van der Waals surface area (Å²) in [7, 11) is 1.92. The van der Waals surface area contributed by atoms with Crippen molar-refractivity contribution in [1.82, 2.24) is 20.3 Å². The van der Waals surface area contributed by atoms with E-state index in [0.29, 0.717) is 16.9 Å². The highest BCUT2D eigenvalue weighted by molar-refractivity contribution is 5.18. The van der Waals surface area contributed by atoms with Crippen LogP contribution in [0.4, 0.5) is 0 Å². The van der Waals surface area contributed by atoms with Gasteiger partial charge < -0.3 is 5.32 Å². The zero-order valence-corrected chi connectivity index (χ0v) is 10.2. The zero-order valence-electron chi connectivity index (χ0n) is 10.2. The minimum Gasteiger partial charge on any atom is -0.307 e. The molecule has 15 heavy (non-hydrogen) atoms. The molecule has 4 nitrogen and oxygen atoms in total. The third kappa shape index (κ3) is 1.47. The number of nitrogens with zero attached hydrogens (tertiary/aromatic N) is 3. The summed E-state index contributed by atoms with van der Waals surface area (Å²) in [5.74, 6) is 0. The minimum absolute atomic E-state index is 0.388. The van der Waals surface area contributed by atoms with Crippen molar-refractivity contribution in [1.29, 1.82) is 0 Å². The molecule has 1 aliphatic rings. The predicted octanol–water partition coefficient (Wildman–Crippen LogP) is 1.34.